The van der Waals surface area contributed by atoms with Gasteiger partial charge >= 0.3 is 0 Å². The number of hydrogen-bond donors (Lipinski definition) is 1. The van der Waals surface area contributed by atoms with Crippen molar-refractivity contribution in [1.82, 2.24) is 10.2 Å². The fraction of sp³-hybridized carbons (Fsp3) is 1.00. The van der Waals surface area contributed by atoms with Crippen LogP contribution in [0.2, 0.25) is 0 Å². The van der Waals surface area contributed by atoms with Crippen LogP contribution in [0.5, 0.6) is 0 Å². The van der Waals surface area contributed by atoms with E-state index in [1.54, 1.807) is 0 Å². The van der Waals surface area contributed by atoms with E-state index >= 15 is 0 Å². The lowest BCUT2D eigenvalue weighted by molar-refractivity contribution is -0.0260. The van der Waals surface area contributed by atoms with Gasteiger partial charge in [0.1, 0.15) is 0 Å². The number of thioether (sulfide) groups is 1. The molecule has 2 saturated heterocycles. The van der Waals surface area contributed by atoms with Crippen LogP contribution in [0.1, 0.15) is 19.3 Å². The second-order valence-corrected chi connectivity index (χ2v) is 6.77. The summed E-state index contributed by atoms with van der Waals surface area (Å²) < 4.78 is 5.73. The summed E-state index contributed by atoms with van der Waals surface area (Å²) in [4.78, 5) is 2.58. The molecule has 2 unspecified atom stereocenters. The highest BCUT2D eigenvalue weighted by molar-refractivity contribution is 7.99. The van der Waals surface area contributed by atoms with Crippen LogP contribution in [0, 0.1) is 5.41 Å². The molecular weight excluding hydrogens is 232 g/mol. The Labute approximate surface area is 110 Å². The molecule has 0 aromatic carbocycles. The van der Waals surface area contributed by atoms with Gasteiger partial charge in [0.15, 0.2) is 0 Å². The van der Waals surface area contributed by atoms with Gasteiger partial charge < -0.3 is 15.0 Å². The topological polar surface area (TPSA) is 24.5 Å². The number of hydrogen-bond acceptors (Lipinski definition) is 4. The van der Waals surface area contributed by atoms with Crippen molar-refractivity contribution in [2.24, 2.45) is 5.41 Å². The SMILES string of the molecule is CNCC1(CN(C)C2CCSC2)CCCOC1. The quantitative estimate of drug-likeness (QED) is 0.806. The maximum absolute atomic E-state index is 5.73. The standard InChI is InChI=1S/C13H26N2OS/c1-14-9-13(5-3-6-16-11-13)10-15(2)12-4-7-17-8-12/h12,14H,3-11H2,1-2H3. The van der Waals surface area contributed by atoms with E-state index in [2.05, 4.69) is 36.1 Å². The lowest BCUT2D eigenvalue weighted by Crippen LogP contribution is -2.49. The third-order valence-electron chi connectivity index (χ3n) is 4.07. The summed E-state index contributed by atoms with van der Waals surface area (Å²) in [7, 11) is 4.35. The normalized spacial score (nSPS) is 34.4. The monoisotopic (exact) mass is 258 g/mol. The van der Waals surface area contributed by atoms with Crippen molar-refractivity contribution in [3.63, 3.8) is 0 Å². The molecule has 2 rings (SSSR count). The zero-order chi connectivity index (χ0) is 12.1. The number of ether oxygens (including phenoxy) is 1. The first-order chi connectivity index (χ1) is 8.26. The first-order valence-electron chi connectivity index (χ1n) is 6.76. The molecule has 3 nitrogen and oxygen atoms in total. The Kier molecular flexibility index (Phi) is 5.15. The van der Waals surface area contributed by atoms with Gasteiger partial charge in [-0.3, -0.25) is 0 Å². The fourth-order valence-electron chi connectivity index (χ4n) is 3.13. The Morgan fingerprint density at radius 2 is 2.41 bits per heavy atom. The largest absolute Gasteiger partial charge is 0.381 e. The minimum absolute atomic E-state index is 0.342. The highest BCUT2D eigenvalue weighted by Gasteiger charge is 2.35. The average molecular weight is 258 g/mol. The van der Waals surface area contributed by atoms with Crippen molar-refractivity contribution in [2.45, 2.75) is 25.3 Å². The lowest BCUT2D eigenvalue weighted by atomic mass is 9.81. The summed E-state index contributed by atoms with van der Waals surface area (Å²) in [6.07, 6.45) is 3.88. The summed E-state index contributed by atoms with van der Waals surface area (Å²) in [5.41, 5.74) is 0.342. The predicted octanol–water partition coefficient (Wildman–Crippen LogP) is 1.44. The molecule has 0 amide bonds. The highest BCUT2D eigenvalue weighted by atomic mass is 32.2. The molecule has 1 N–H and O–H groups in total. The molecular formula is C13H26N2OS. The van der Waals surface area contributed by atoms with Crippen LogP contribution < -0.4 is 5.32 Å². The van der Waals surface area contributed by atoms with E-state index in [-0.39, 0.29) is 0 Å². The van der Waals surface area contributed by atoms with E-state index in [4.69, 9.17) is 4.74 Å². The number of nitrogens with zero attached hydrogens (tertiary/aromatic N) is 1. The second kappa shape index (κ2) is 6.41. The molecule has 0 radical (unpaired) electrons. The van der Waals surface area contributed by atoms with Gasteiger partial charge in [0.05, 0.1) is 6.61 Å². The molecule has 2 aliphatic heterocycles. The predicted molar refractivity (Wildman–Crippen MR) is 74.8 cm³/mol. The summed E-state index contributed by atoms with van der Waals surface area (Å²) in [5, 5.41) is 3.36. The van der Waals surface area contributed by atoms with Crippen molar-refractivity contribution in [3.05, 3.63) is 0 Å². The molecule has 2 aliphatic rings. The Balaban J connectivity index is 1.91. The number of rotatable bonds is 5. The first kappa shape index (κ1) is 13.7. The Hall–Kier alpha value is 0.230. The van der Waals surface area contributed by atoms with E-state index in [0.717, 1.165) is 25.8 Å². The minimum atomic E-state index is 0.342. The molecule has 0 saturated carbocycles. The smallest absolute Gasteiger partial charge is 0.0546 e. The van der Waals surface area contributed by atoms with Crippen LogP contribution in [0.15, 0.2) is 0 Å². The van der Waals surface area contributed by atoms with E-state index < -0.39 is 0 Å². The molecule has 0 bridgehead atoms. The molecule has 0 aromatic rings. The Bertz CT molecular complexity index is 220. The molecule has 0 aromatic heterocycles. The zero-order valence-corrected chi connectivity index (χ0v) is 12.0. The van der Waals surface area contributed by atoms with Crippen LogP contribution in [-0.2, 0) is 4.74 Å². The van der Waals surface area contributed by atoms with Gasteiger partial charge in [0.2, 0.25) is 0 Å². The summed E-state index contributed by atoms with van der Waals surface area (Å²) >= 11 is 2.10. The van der Waals surface area contributed by atoms with Crippen molar-refractivity contribution >= 4 is 11.8 Å². The molecule has 17 heavy (non-hydrogen) atoms. The molecule has 2 heterocycles. The van der Waals surface area contributed by atoms with Gasteiger partial charge in [-0.15, -0.1) is 0 Å². The van der Waals surface area contributed by atoms with Gasteiger partial charge in [0, 0.05) is 36.9 Å². The van der Waals surface area contributed by atoms with Gasteiger partial charge in [-0.25, -0.2) is 0 Å². The van der Waals surface area contributed by atoms with Crippen LogP contribution in [0.4, 0.5) is 0 Å². The van der Waals surface area contributed by atoms with Crippen molar-refractivity contribution in [1.29, 1.82) is 0 Å². The molecule has 4 heteroatoms. The van der Waals surface area contributed by atoms with Gasteiger partial charge in [0.25, 0.3) is 0 Å². The zero-order valence-electron chi connectivity index (χ0n) is 11.2. The molecule has 0 aliphatic carbocycles. The Morgan fingerprint density at radius 3 is 3.00 bits per heavy atom. The fourth-order valence-corrected chi connectivity index (χ4v) is 4.43. The summed E-state index contributed by atoms with van der Waals surface area (Å²) in [6.45, 7) is 4.14. The number of nitrogens with one attached hydrogen (secondary N) is 1. The highest BCUT2D eigenvalue weighted by Crippen LogP contribution is 2.31. The van der Waals surface area contributed by atoms with Crippen LogP contribution in [0.3, 0.4) is 0 Å². The molecule has 2 fully saturated rings. The van der Waals surface area contributed by atoms with Crippen LogP contribution >= 0.6 is 11.8 Å². The molecule has 0 spiro atoms. The third kappa shape index (κ3) is 3.60. The van der Waals surface area contributed by atoms with E-state index in [0.29, 0.717) is 5.41 Å². The van der Waals surface area contributed by atoms with Crippen molar-refractivity contribution in [3.8, 4) is 0 Å². The lowest BCUT2D eigenvalue weighted by Gasteiger charge is -2.41. The van der Waals surface area contributed by atoms with Gasteiger partial charge in [-0.2, -0.15) is 11.8 Å². The Morgan fingerprint density at radius 1 is 1.53 bits per heavy atom. The second-order valence-electron chi connectivity index (χ2n) is 5.62. The van der Waals surface area contributed by atoms with Gasteiger partial charge in [-0.05, 0) is 39.1 Å². The van der Waals surface area contributed by atoms with Crippen molar-refractivity contribution < 1.29 is 4.74 Å². The van der Waals surface area contributed by atoms with Gasteiger partial charge in [-0.1, -0.05) is 0 Å². The summed E-state index contributed by atoms with van der Waals surface area (Å²) in [6, 6.07) is 0.788. The average Bonchev–Trinajstić information content (AvgIpc) is 2.84. The summed E-state index contributed by atoms with van der Waals surface area (Å²) in [5.74, 6) is 2.65. The maximum atomic E-state index is 5.73. The van der Waals surface area contributed by atoms with E-state index in [1.807, 2.05) is 0 Å². The third-order valence-corrected chi connectivity index (χ3v) is 5.21. The maximum Gasteiger partial charge on any atom is 0.0546 e. The minimum Gasteiger partial charge on any atom is -0.381 e. The van der Waals surface area contributed by atoms with Crippen LogP contribution in [0.25, 0.3) is 0 Å². The molecule has 100 valence electrons. The van der Waals surface area contributed by atoms with E-state index in [1.165, 1.54) is 37.3 Å². The van der Waals surface area contributed by atoms with E-state index in [9.17, 15) is 0 Å². The van der Waals surface area contributed by atoms with Crippen molar-refractivity contribution in [2.75, 3.05) is 51.9 Å². The first-order valence-corrected chi connectivity index (χ1v) is 7.92. The van der Waals surface area contributed by atoms with Crippen LogP contribution in [-0.4, -0.2) is 62.8 Å². The molecule has 2 atom stereocenters.